The number of aliphatic imine (C=N–C) groups is 2. The summed E-state index contributed by atoms with van der Waals surface area (Å²) >= 11 is 0. The van der Waals surface area contributed by atoms with Crippen LogP contribution in [0.2, 0.25) is 0 Å². The number of nitrogens with zero attached hydrogens (tertiary/aromatic N) is 2. The SMILES string of the molecule is c1ccc(-c2cc(C3=NC(c4ccc5ccccc5c4)=NC(c4ccc(-c5ccccc5)c(-c5cccc6ccccc56)c4)N3)c3c(c2)oc2ccccc23)cc1. The van der Waals surface area contributed by atoms with Gasteiger partial charge in [0.2, 0.25) is 0 Å². The lowest BCUT2D eigenvalue weighted by atomic mass is 9.89. The topological polar surface area (TPSA) is 49.9 Å². The van der Waals surface area contributed by atoms with Gasteiger partial charge in [0.25, 0.3) is 0 Å². The van der Waals surface area contributed by atoms with Crippen LogP contribution in [0.5, 0.6) is 0 Å². The van der Waals surface area contributed by atoms with Crippen molar-refractivity contribution in [3.05, 3.63) is 217 Å². The van der Waals surface area contributed by atoms with Gasteiger partial charge in [-0.05, 0) is 90.8 Å². The molecule has 1 atom stereocenters. The molecule has 2 heterocycles. The van der Waals surface area contributed by atoms with E-state index in [-0.39, 0.29) is 0 Å². The first-order valence-electron chi connectivity index (χ1n) is 19.3. The van der Waals surface area contributed by atoms with E-state index < -0.39 is 6.17 Å². The number of fused-ring (bicyclic) bond motifs is 5. The Hall–Kier alpha value is -7.56. The Balaban J connectivity index is 1.14. The van der Waals surface area contributed by atoms with Crippen molar-refractivity contribution in [2.24, 2.45) is 9.98 Å². The van der Waals surface area contributed by atoms with Crippen LogP contribution < -0.4 is 5.32 Å². The summed E-state index contributed by atoms with van der Waals surface area (Å²) in [4.78, 5) is 10.8. The lowest BCUT2D eigenvalue weighted by Gasteiger charge is -2.25. The van der Waals surface area contributed by atoms with Crippen molar-refractivity contribution in [1.29, 1.82) is 0 Å². The molecule has 1 aromatic heterocycles. The second-order valence-electron chi connectivity index (χ2n) is 14.6. The molecule has 1 aliphatic rings. The van der Waals surface area contributed by atoms with Gasteiger partial charge in [0.05, 0.1) is 0 Å². The Morgan fingerprint density at radius 1 is 0.404 bits per heavy atom. The Bertz CT molecular complexity index is 3210. The standard InChI is InChI=1S/C53H35N3O/c1-3-14-34(15-4-1)41-32-47(50-45-23-11-12-25-48(45)57-49(50)33-41)53-55-51(39-27-26-35-16-7-8-20-38(35)30-39)54-52(56-53)40-28-29-43(36-17-5-2-6-18-36)46(31-40)44-24-13-21-37-19-9-10-22-42(37)44/h1-33,52H,(H,54,55,56). The van der Waals surface area contributed by atoms with Gasteiger partial charge in [0.1, 0.15) is 23.2 Å². The number of hydrogen-bond acceptors (Lipinski definition) is 4. The summed E-state index contributed by atoms with van der Waals surface area (Å²) in [5, 5.41) is 10.6. The normalized spacial score (nSPS) is 14.1. The predicted octanol–water partition coefficient (Wildman–Crippen LogP) is 13.4. The summed E-state index contributed by atoms with van der Waals surface area (Å²) < 4.78 is 6.56. The van der Waals surface area contributed by atoms with Gasteiger partial charge in [-0.2, -0.15) is 0 Å². The number of rotatable bonds is 6. The first kappa shape index (κ1) is 32.8. The van der Waals surface area contributed by atoms with Gasteiger partial charge in [-0.3, -0.25) is 0 Å². The third-order valence-corrected chi connectivity index (χ3v) is 11.1. The third-order valence-electron chi connectivity index (χ3n) is 11.1. The minimum Gasteiger partial charge on any atom is -0.456 e. The van der Waals surface area contributed by atoms with Gasteiger partial charge in [0, 0.05) is 21.9 Å². The second-order valence-corrected chi connectivity index (χ2v) is 14.6. The van der Waals surface area contributed by atoms with Gasteiger partial charge in [0.15, 0.2) is 5.84 Å². The molecule has 10 aromatic rings. The zero-order valence-electron chi connectivity index (χ0n) is 30.9. The van der Waals surface area contributed by atoms with Crippen LogP contribution in [0, 0.1) is 0 Å². The fourth-order valence-corrected chi connectivity index (χ4v) is 8.34. The predicted molar refractivity (Wildman–Crippen MR) is 237 cm³/mol. The molecule has 268 valence electrons. The highest BCUT2D eigenvalue weighted by Crippen LogP contribution is 2.40. The molecule has 0 bridgehead atoms. The van der Waals surface area contributed by atoms with Crippen molar-refractivity contribution in [2.75, 3.05) is 0 Å². The first-order chi connectivity index (χ1) is 28.2. The number of hydrogen-bond donors (Lipinski definition) is 1. The molecule has 0 fully saturated rings. The quantitative estimate of drug-likeness (QED) is 0.185. The van der Waals surface area contributed by atoms with Gasteiger partial charge in [-0.15, -0.1) is 0 Å². The molecule has 11 rings (SSSR count). The van der Waals surface area contributed by atoms with Crippen molar-refractivity contribution in [3.63, 3.8) is 0 Å². The molecule has 57 heavy (non-hydrogen) atoms. The van der Waals surface area contributed by atoms with Gasteiger partial charge >= 0.3 is 0 Å². The highest BCUT2D eigenvalue weighted by atomic mass is 16.3. The van der Waals surface area contributed by atoms with Crippen molar-refractivity contribution in [3.8, 4) is 33.4 Å². The van der Waals surface area contributed by atoms with Crippen LogP contribution in [0.25, 0.3) is 76.9 Å². The molecule has 1 N–H and O–H groups in total. The summed E-state index contributed by atoms with van der Waals surface area (Å²) in [5.41, 5.74) is 11.4. The van der Waals surface area contributed by atoms with Gasteiger partial charge in [-0.1, -0.05) is 170 Å². The Morgan fingerprint density at radius 2 is 1.11 bits per heavy atom. The molecule has 4 heteroatoms. The number of furan rings is 1. The molecule has 9 aromatic carbocycles. The lowest BCUT2D eigenvalue weighted by molar-refractivity contribution is 0.668. The second kappa shape index (κ2) is 13.6. The number of para-hydroxylation sites is 1. The van der Waals surface area contributed by atoms with E-state index in [1.54, 1.807) is 0 Å². The van der Waals surface area contributed by atoms with Crippen LogP contribution in [0.3, 0.4) is 0 Å². The zero-order chi connectivity index (χ0) is 37.7. The van der Waals surface area contributed by atoms with E-state index in [2.05, 4.69) is 187 Å². The molecule has 0 spiro atoms. The van der Waals surface area contributed by atoms with Crippen LogP contribution in [0.4, 0.5) is 0 Å². The smallest absolute Gasteiger partial charge is 0.159 e. The molecular formula is C53H35N3O. The molecule has 1 unspecified atom stereocenters. The van der Waals surface area contributed by atoms with Crippen molar-refractivity contribution in [2.45, 2.75) is 6.17 Å². The maximum atomic E-state index is 6.56. The maximum absolute atomic E-state index is 6.56. The molecule has 0 radical (unpaired) electrons. The van der Waals surface area contributed by atoms with Crippen LogP contribution in [-0.2, 0) is 0 Å². The Morgan fingerprint density at radius 3 is 1.95 bits per heavy atom. The molecule has 0 saturated carbocycles. The van der Waals surface area contributed by atoms with E-state index in [0.29, 0.717) is 5.84 Å². The lowest BCUT2D eigenvalue weighted by Crippen LogP contribution is -2.33. The average Bonchev–Trinajstić information content (AvgIpc) is 3.67. The molecule has 0 amide bonds. The minimum atomic E-state index is -0.439. The minimum absolute atomic E-state index is 0.439. The molecule has 4 nitrogen and oxygen atoms in total. The van der Waals surface area contributed by atoms with Crippen LogP contribution in [0.15, 0.2) is 215 Å². The van der Waals surface area contributed by atoms with Crippen molar-refractivity contribution < 1.29 is 4.42 Å². The highest BCUT2D eigenvalue weighted by molar-refractivity contribution is 6.22. The van der Waals surface area contributed by atoms with E-state index in [4.69, 9.17) is 14.4 Å². The number of amidine groups is 2. The summed E-state index contributed by atoms with van der Waals surface area (Å²) in [5.74, 6) is 1.41. The van der Waals surface area contributed by atoms with E-state index in [9.17, 15) is 0 Å². The van der Waals surface area contributed by atoms with Crippen molar-refractivity contribution in [1.82, 2.24) is 5.32 Å². The molecular weight excluding hydrogens is 695 g/mol. The maximum Gasteiger partial charge on any atom is 0.159 e. The monoisotopic (exact) mass is 729 g/mol. The molecule has 1 aliphatic heterocycles. The highest BCUT2D eigenvalue weighted by Gasteiger charge is 2.26. The fraction of sp³-hybridized carbons (Fsp3) is 0.0189. The van der Waals surface area contributed by atoms with E-state index in [0.717, 1.165) is 72.1 Å². The van der Waals surface area contributed by atoms with E-state index in [1.165, 1.54) is 27.3 Å². The number of benzene rings is 9. The Labute approximate surface area is 330 Å². The molecule has 0 aliphatic carbocycles. The van der Waals surface area contributed by atoms with E-state index in [1.807, 2.05) is 18.2 Å². The average molecular weight is 730 g/mol. The zero-order valence-corrected chi connectivity index (χ0v) is 30.9. The fourth-order valence-electron chi connectivity index (χ4n) is 8.34. The largest absolute Gasteiger partial charge is 0.456 e. The number of nitrogens with one attached hydrogen (secondary N) is 1. The van der Waals surface area contributed by atoms with Crippen LogP contribution in [-0.4, -0.2) is 11.7 Å². The van der Waals surface area contributed by atoms with Crippen LogP contribution >= 0.6 is 0 Å². The van der Waals surface area contributed by atoms with Crippen LogP contribution in [0.1, 0.15) is 22.9 Å². The van der Waals surface area contributed by atoms with Crippen molar-refractivity contribution >= 4 is 55.2 Å². The summed E-state index contributed by atoms with van der Waals surface area (Å²) in [6.07, 6.45) is -0.439. The Kier molecular flexibility index (Phi) is 7.85. The summed E-state index contributed by atoms with van der Waals surface area (Å²) in [6.45, 7) is 0. The molecule has 0 saturated heterocycles. The van der Waals surface area contributed by atoms with E-state index >= 15 is 0 Å². The first-order valence-corrected chi connectivity index (χ1v) is 19.3. The summed E-state index contributed by atoms with van der Waals surface area (Å²) in [6, 6.07) is 70.6. The van der Waals surface area contributed by atoms with Gasteiger partial charge in [-0.25, -0.2) is 9.98 Å². The summed E-state index contributed by atoms with van der Waals surface area (Å²) in [7, 11) is 0. The third kappa shape index (κ3) is 5.87. The van der Waals surface area contributed by atoms with Gasteiger partial charge < -0.3 is 9.73 Å².